The van der Waals surface area contributed by atoms with Crippen LogP contribution in [0.2, 0.25) is 0 Å². The number of rotatable bonds is 6. The van der Waals surface area contributed by atoms with Gasteiger partial charge in [0, 0.05) is 17.3 Å². The van der Waals surface area contributed by atoms with E-state index in [1.165, 1.54) is 24.4 Å². The fourth-order valence-electron chi connectivity index (χ4n) is 2.32. The van der Waals surface area contributed by atoms with E-state index in [1.54, 1.807) is 25.1 Å². The Morgan fingerprint density at radius 1 is 1.28 bits per heavy atom. The molecule has 0 spiro atoms. The first kappa shape index (κ1) is 16.8. The summed E-state index contributed by atoms with van der Waals surface area (Å²) in [7, 11) is 0. The highest BCUT2D eigenvalue weighted by Crippen LogP contribution is 2.26. The quantitative estimate of drug-likeness (QED) is 0.737. The average Bonchev–Trinajstić information content (AvgIpc) is 2.96. The summed E-state index contributed by atoms with van der Waals surface area (Å²) >= 11 is 0. The van der Waals surface area contributed by atoms with Crippen LogP contribution in [-0.4, -0.2) is 21.2 Å². The monoisotopic (exact) mass is 342 g/mol. The van der Waals surface area contributed by atoms with Crippen LogP contribution in [0.15, 0.2) is 47.1 Å². The van der Waals surface area contributed by atoms with Gasteiger partial charge in [0.05, 0.1) is 24.5 Å². The lowest BCUT2D eigenvalue weighted by Gasteiger charge is -2.05. The maximum atomic E-state index is 13.4. The van der Waals surface area contributed by atoms with Gasteiger partial charge in [-0.1, -0.05) is 17.3 Å². The molecule has 128 valence electrons. The van der Waals surface area contributed by atoms with Crippen LogP contribution >= 0.6 is 0 Å². The number of nitrogens with zero attached hydrogens (tertiary/aromatic N) is 2. The summed E-state index contributed by atoms with van der Waals surface area (Å²) in [5.74, 6) is -0.791. The van der Waals surface area contributed by atoms with Crippen LogP contribution in [0.25, 0.3) is 11.3 Å². The smallest absolute Gasteiger partial charge is 0.337 e. The first-order chi connectivity index (χ1) is 12.0. The van der Waals surface area contributed by atoms with Gasteiger partial charge in [-0.15, -0.1) is 0 Å². The van der Waals surface area contributed by atoms with Crippen LogP contribution in [0.1, 0.15) is 27.4 Å². The molecule has 0 bridgehead atoms. The van der Waals surface area contributed by atoms with Gasteiger partial charge in [0.1, 0.15) is 17.3 Å². The third-order valence-electron chi connectivity index (χ3n) is 3.65. The molecule has 3 rings (SSSR count). The Morgan fingerprint density at radius 3 is 2.80 bits per heavy atom. The number of ether oxygens (including phenoxy) is 1. The molecule has 3 aromatic rings. The van der Waals surface area contributed by atoms with Gasteiger partial charge in [0.25, 0.3) is 0 Å². The molecule has 0 saturated heterocycles. The largest absolute Gasteiger partial charge is 0.478 e. The third-order valence-corrected chi connectivity index (χ3v) is 3.65. The summed E-state index contributed by atoms with van der Waals surface area (Å²) in [5, 5.41) is 12.8. The summed E-state index contributed by atoms with van der Waals surface area (Å²) in [5.41, 5.74) is 2.59. The SMILES string of the molecule is Cc1onc(-c2cccc(F)c2)c1COCc1ccc(C(=O)O)cn1. The van der Waals surface area contributed by atoms with Crippen molar-refractivity contribution in [3.05, 3.63) is 71.0 Å². The Bertz CT molecular complexity index is 890. The van der Waals surface area contributed by atoms with E-state index in [1.807, 2.05) is 0 Å². The second-order valence-corrected chi connectivity index (χ2v) is 5.41. The summed E-state index contributed by atoms with van der Waals surface area (Å²) in [4.78, 5) is 14.8. The average molecular weight is 342 g/mol. The standard InChI is InChI=1S/C18H15FN2O4/c1-11-16(17(21-25-11)12-3-2-4-14(19)7-12)10-24-9-15-6-5-13(8-20-15)18(22)23/h2-8H,9-10H2,1H3,(H,22,23). The fraction of sp³-hybridized carbons (Fsp3) is 0.167. The van der Waals surface area contributed by atoms with Gasteiger partial charge in [-0.05, 0) is 31.2 Å². The minimum absolute atomic E-state index is 0.118. The van der Waals surface area contributed by atoms with Crippen LogP contribution in [0.4, 0.5) is 4.39 Å². The van der Waals surface area contributed by atoms with Crippen molar-refractivity contribution in [3.8, 4) is 11.3 Å². The van der Waals surface area contributed by atoms with Gasteiger partial charge in [-0.3, -0.25) is 4.98 Å². The van der Waals surface area contributed by atoms with Crippen LogP contribution in [0.3, 0.4) is 0 Å². The first-order valence-corrected chi connectivity index (χ1v) is 7.51. The van der Waals surface area contributed by atoms with Crippen molar-refractivity contribution in [1.82, 2.24) is 10.1 Å². The maximum absolute atomic E-state index is 13.4. The summed E-state index contributed by atoms with van der Waals surface area (Å²) in [6, 6.07) is 9.16. The highest BCUT2D eigenvalue weighted by atomic mass is 19.1. The minimum Gasteiger partial charge on any atom is -0.478 e. The van der Waals surface area contributed by atoms with Gasteiger partial charge in [-0.25, -0.2) is 9.18 Å². The highest BCUT2D eigenvalue weighted by molar-refractivity contribution is 5.87. The van der Waals surface area contributed by atoms with Gasteiger partial charge in [0.2, 0.25) is 0 Å². The van der Waals surface area contributed by atoms with Gasteiger partial charge < -0.3 is 14.4 Å². The number of aromatic nitrogens is 2. The van der Waals surface area contributed by atoms with Crippen LogP contribution in [-0.2, 0) is 18.0 Å². The van der Waals surface area contributed by atoms with Crippen molar-refractivity contribution in [2.45, 2.75) is 20.1 Å². The summed E-state index contributed by atoms with van der Waals surface area (Å²) < 4.78 is 24.2. The van der Waals surface area contributed by atoms with E-state index in [9.17, 15) is 9.18 Å². The van der Waals surface area contributed by atoms with Crippen molar-refractivity contribution in [2.24, 2.45) is 0 Å². The second kappa shape index (κ2) is 7.23. The lowest BCUT2D eigenvalue weighted by molar-refractivity contribution is 0.0696. The van der Waals surface area contributed by atoms with Crippen molar-refractivity contribution in [2.75, 3.05) is 0 Å². The number of hydrogen-bond acceptors (Lipinski definition) is 5. The van der Waals surface area contributed by atoms with Crippen molar-refractivity contribution in [3.63, 3.8) is 0 Å². The highest BCUT2D eigenvalue weighted by Gasteiger charge is 2.15. The molecular formula is C18H15FN2O4. The molecule has 2 aromatic heterocycles. The molecule has 0 radical (unpaired) electrons. The van der Waals surface area contributed by atoms with Gasteiger partial charge in [0.15, 0.2) is 0 Å². The van der Waals surface area contributed by atoms with E-state index in [0.717, 1.165) is 5.56 Å². The van der Waals surface area contributed by atoms with Crippen molar-refractivity contribution in [1.29, 1.82) is 0 Å². The molecule has 0 saturated carbocycles. The van der Waals surface area contributed by atoms with E-state index < -0.39 is 5.97 Å². The molecule has 2 heterocycles. The lowest BCUT2D eigenvalue weighted by Crippen LogP contribution is -2.01. The predicted molar refractivity (Wildman–Crippen MR) is 86.3 cm³/mol. The molecule has 0 aliphatic rings. The maximum Gasteiger partial charge on any atom is 0.337 e. The van der Waals surface area contributed by atoms with Crippen LogP contribution in [0.5, 0.6) is 0 Å². The number of pyridine rings is 1. The van der Waals surface area contributed by atoms with Gasteiger partial charge >= 0.3 is 5.97 Å². The summed E-state index contributed by atoms with van der Waals surface area (Å²) in [6.45, 7) is 2.17. The number of halogens is 1. The van der Waals surface area contributed by atoms with Gasteiger partial charge in [-0.2, -0.15) is 0 Å². The normalized spacial score (nSPS) is 10.8. The molecule has 1 aromatic carbocycles. The summed E-state index contributed by atoms with van der Waals surface area (Å²) in [6.07, 6.45) is 1.28. The molecule has 0 aliphatic carbocycles. The number of benzene rings is 1. The molecule has 0 fully saturated rings. The zero-order valence-electron chi connectivity index (χ0n) is 13.4. The molecule has 6 nitrogen and oxygen atoms in total. The van der Waals surface area contributed by atoms with E-state index in [2.05, 4.69) is 10.1 Å². The number of carboxylic acid groups (broad SMARTS) is 1. The minimum atomic E-state index is -1.03. The van der Waals surface area contributed by atoms with E-state index >= 15 is 0 Å². The number of carbonyl (C=O) groups is 1. The van der Waals surface area contributed by atoms with Crippen LogP contribution in [0, 0.1) is 12.7 Å². The second-order valence-electron chi connectivity index (χ2n) is 5.41. The molecule has 0 unspecified atom stereocenters. The Kier molecular flexibility index (Phi) is 4.85. The first-order valence-electron chi connectivity index (χ1n) is 7.51. The van der Waals surface area contributed by atoms with E-state index in [0.29, 0.717) is 22.7 Å². The Labute approximate surface area is 142 Å². The Hall–Kier alpha value is -3.06. The molecule has 1 N–H and O–H groups in total. The molecule has 0 amide bonds. The fourth-order valence-corrected chi connectivity index (χ4v) is 2.32. The number of aryl methyl sites for hydroxylation is 1. The molecule has 7 heteroatoms. The molecule has 25 heavy (non-hydrogen) atoms. The lowest BCUT2D eigenvalue weighted by atomic mass is 10.1. The van der Waals surface area contributed by atoms with E-state index in [4.69, 9.17) is 14.4 Å². The zero-order chi connectivity index (χ0) is 17.8. The van der Waals surface area contributed by atoms with Crippen molar-refractivity contribution >= 4 is 5.97 Å². The Balaban J connectivity index is 1.69. The predicted octanol–water partition coefficient (Wildman–Crippen LogP) is 3.60. The molecule has 0 atom stereocenters. The van der Waals surface area contributed by atoms with Crippen molar-refractivity contribution < 1.29 is 23.6 Å². The van der Waals surface area contributed by atoms with Crippen LogP contribution < -0.4 is 0 Å². The number of carboxylic acids is 1. The zero-order valence-corrected chi connectivity index (χ0v) is 13.4. The topological polar surface area (TPSA) is 85.5 Å². The molecule has 0 aliphatic heterocycles. The third kappa shape index (κ3) is 3.89. The molecular weight excluding hydrogens is 327 g/mol. The number of hydrogen-bond donors (Lipinski definition) is 1. The number of aromatic carboxylic acids is 1. The Morgan fingerprint density at radius 2 is 2.12 bits per heavy atom. The van der Waals surface area contributed by atoms with E-state index in [-0.39, 0.29) is 24.6 Å².